The average molecular weight is 610 g/mol. The standard InChI is InChI=1S/C31H34ClF2N5O2Si/c1-30(2,3)42(4,5)41-16-22-27(33)18(8-11-36-22)21-15-37-29(38-21)23-14-31(9-10-31)24-12-17(13-25(40)39(23)24)26-20(35)7-6-19(32)28(26)34/h6-8,11-13,15,23H,9-10,14,16,35H2,1-5H3,(H,37,38). The van der Waals surface area contributed by atoms with Crippen LogP contribution in [0, 0.1) is 11.6 Å². The summed E-state index contributed by atoms with van der Waals surface area (Å²) in [6, 6.07) is 7.42. The molecular formula is C31H34ClF2N5O2Si. The largest absolute Gasteiger partial charge is 0.411 e. The summed E-state index contributed by atoms with van der Waals surface area (Å²) < 4.78 is 38.6. The van der Waals surface area contributed by atoms with Crippen molar-refractivity contribution in [3.05, 3.63) is 86.9 Å². The molecule has 1 unspecified atom stereocenters. The monoisotopic (exact) mass is 609 g/mol. The minimum absolute atomic E-state index is 0.0103. The number of nitrogens with one attached hydrogen (secondary N) is 1. The van der Waals surface area contributed by atoms with Crippen LogP contribution in [0.15, 0.2) is 47.5 Å². The Morgan fingerprint density at radius 1 is 1.17 bits per heavy atom. The highest BCUT2D eigenvalue weighted by Crippen LogP contribution is 2.59. The van der Waals surface area contributed by atoms with E-state index < -0.39 is 20.0 Å². The minimum Gasteiger partial charge on any atom is -0.411 e. The van der Waals surface area contributed by atoms with Gasteiger partial charge in [0.15, 0.2) is 20.0 Å². The molecule has 0 radical (unpaired) electrons. The fraction of sp³-hybridized carbons (Fsp3) is 0.387. The number of hydrogen-bond donors (Lipinski definition) is 2. The smallest absolute Gasteiger partial charge is 0.252 e. The van der Waals surface area contributed by atoms with Crippen molar-refractivity contribution >= 4 is 25.6 Å². The highest BCUT2D eigenvalue weighted by atomic mass is 35.5. The lowest BCUT2D eigenvalue weighted by Gasteiger charge is -2.36. The van der Waals surface area contributed by atoms with Gasteiger partial charge in [0.1, 0.15) is 11.5 Å². The maximum atomic E-state index is 15.7. The van der Waals surface area contributed by atoms with Crippen LogP contribution in [0.3, 0.4) is 0 Å². The molecular weight excluding hydrogens is 576 g/mol. The topological polar surface area (TPSA) is 98.8 Å². The maximum Gasteiger partial charge on any atom is 0.252 e. The summed E-state index contributed by atoms with van der Waals surface area (Å²) >= 11 is 6.03. The van der Waals surface area contributed by atoms with Crippen molar-refractivity contribution in [2.75, 3.05) is 5.73 Å². The van der Waals surface area contributed by atoms with Gasteiger partial charge in [-0.3, -0.25) is 9.78 Å². The Morgan fingerprint density at radius 3 is 2.60 bits per heavy atom. The number of aromatic amines is 1. The van der Waals surface area contributed by atoms with Crippen molar-refractivity contribution in [1.29, 1.82) is 0 Å². The Labute approximate surface area is 249 Å². The molecule has 0 bridgehead atoms. The molecule has 6 rings (SSSR count). The van der Waals surface area contributed by atoms with Gasteiger partial charge in [0, 0.05) is 40.2 Å². The predicted octanol–water partition coefficient (Wildman–Crippen LogP) is 7.36. The quantitative estimate of drug-likeness (QED) is 0.176. The lowest BCUT2D eigenvalue weighted by Crippen LogP contribution is -2.40. The van der Waals surface area contributed by atoms with Crippen LogP contribution in [0.2, 0.25) is 23.2 Å². The molecule has 0 saturated heterocycles. The molecule has 1 aromatic carbocycles. The Kier molecular flexibility index (Phi) is 6.75. The van der Waals surface area contributed by atoms with E-state index in [2.05, 4.69) is 48.8 Å². The molecule has 220 valence electrons. The number of H-pyrrole nitrogens is 1. The molecule has 1 saturated carbocycles. The van der Waals surface area contributed by atoms with Crippen molar-refractivity contribution in [2.24, 2.45) is 0 Å². The molecule has 1 aliphatic heterocycles. The lowest BCUT2D eigenvalue weighted by atomic mass is 9.95. The molecule has 2 aliphatic rings. The molecule has 1 aliphatic carbocycles. The van der Waals surface area contributed by atoms with Gasteiger partial charge in [0.05, 0.1) is 29.6 Å². The van der Waals surface area contributed by atoms with Crippen molar-refractivity contribution < 1.29 is 13.2 Å². The molecule has 1 spiro atoms. The molecule has 1 fully saturated rings. The number of hydrogen-bond acceptors (Lipinski definition) is 5. The van der Waals surface area contributed by atoms with Gasteiger partial charge < -0.3 is 19.7 Å². The summed E-state index contributed by atoms with van der Waals surface area (Å²) in [4.78, 5) is 25.7. The number of aromatic nitrogens is 4. The summed E-state index contributed by atoms with van der Waals surface area (Å²) in [5.74, 6) is -0.544. The number of imidazole rings is 1. The highest BCUT2D eigenvalue weighted by molar-refractivity contribution is 6.74. The van der Waals surface area contributed by atoms with Gasteiger partial charge >= 0.3 is 0 Å². The number of anilines is 1. The molecule has 3 aromatic heterocycles. The second-order valence-corrected chi connectivity index (χ2v) is 18.2. The zero-order valence-corrected chi connectivity index (χ0v) is 26.1. The van der Waals surface area contributed by atoms with Crippen LogP contribution in [0.25, 0.3) is 22.4 Å². The third kappa shape index (κ3) is 4.69. The van der Waals surface area contributed by atoms with Crippen LogP contribution in [-0.2, 0) is 16.4 Å². The van der Waals surface area contributed by atoms with Gasteiger partial charge in [-0.2, -0.15) is 0 Å². The first-order valence-electron chi connectivity index (χ1n) is 14.1. The van der Waals surface area contributed by atoms with E-state index in [0.29, 0.717) is 29.1 Å². The first kappa shape index (κ1) is 28.8. The Hall–Kier alpha value is -3.34. The first-order chi connectivity index (χ1) is 19.7. The molecule has 0 amide bonds. The van der Waals surface area contributed by atoms with Gasteiger partial charge in [-0.25, -0.2) is 13.8 Å². The minimum atomic E-state index is -2.10. The number of nitrogens with zero attached hydrogens (tertiary/aromatic N) is 3. The SMILES string of the molecule is CC(C)(C)[Si](C)(C)OCc1nccc(-c2cnc(C3CC4(CC4)c4cc(-c5c(N)ccc(Cl)c5F)cc(=O)n43)[nH]2)c1F. The summed E-state index contributed by atoms with van der Waals surface area (Å²) in [5, 5.41) is -0.0659. The molecule has 3 N–H and O–H groups in total. The molecule has 11 heteroatoms. The van der Waals surface area contributed by atoms with Crippen LogP contribution in [0.1, 0.15) is 63.3 Å². The number of fused-ring (bicyclic) bond motifs is 2. The number of pyridine rings is 2. The Bertz CT molecular complexity index is 1770. The first-order valence-corrected chi connectivity index (χ1v) is 17.3. The normalized spacial score (nSPS) is 17.6. The second-order valence-electron chi connectivity index (χ2n) is 13.0. The van der Waals surface area contributed by atoms with E-state index in [1.807, 2.05) is 6.07 Å². The van der Waals surface area contributed by atoms with Crippen molar-refractivity contribution in [3.8, 4) is 22.4 Å². The Balaban J connectivity index is 1.33. The third-order valence-electron chi connectivity index (χ3n) is 9.32. The molecule has 42 heavy (non-hydrogen) atoms. The van der Waals surface area contributed by atoms with Crippen molar-refractivity contribution in [3.63, 3.8) is 0 Å². The van der Waals surface area contributed by atoms with E-state index >= 15 is 4.39 Å². The van der Waals surface area contributed by atoms with Gasteiger partial charge in [0.2, 0.25) is 0 Å². The van der Waals surface area contributed by atoms with Crippen molar-refractivity contribution in [1.82, 2.24) is 19.5 Å². The van der Waals surface area contributed by atoms with Crippen LogP contribution >= 0.6 is 11.6 Å². The molecule has 4 aromatic rings. The number of rotatable bonds is 6. The maximum absolute atomic E-state index is 15.7. The van der Waals surface area contributed by atoms with E-state index in [1.54, 1.807) is 23.0 Å². The molecule has 4 heterocycles. The number of halogens is 3. The van der Waals surface area contributed by atoms with E-state index in [4.69, 9.17) is 21.8 Å². The lowest BCUT2D eigenvalue weighted by molar-refractivity contribution is 0.266. The fourth-order valence-electron chi connectivity index (χ4n) is 5.61. The van der Waals surface area contributed by atoms with E-state index in [0.717, 1.165) is 18.5 Å². The molecule has 7 nitrogen and oxygen atoms in total. The van der Waals surface area contributed by atoms with Crippen LogP contribution in [-0.4, -0.2) is 27.8 Å². The van der Waals surface area contributed by atoms with E-state index in [9.17, 15) is 9.18 Å². The van der Waals surface area contributed by atoms with Crippen LogP contribution < -0.4 is 11.3 Å². The van der Waals surface area contributed by atoms with Crippen LogP contribution in [0.4, 0.5) is 14.5 Å². The van der Waals surface area contributed by atoms with Gasteiger partial charge in [0.25, 0.3) is 5.56 Å². The Morgan fingerprint density at radius 2 is 1.90 bits per heavy atom. The summed E-state index contributed by atoms with van der Waals surface area (Å²) in [7, 11) is -2.10. The fourth-order valence-corrected chi connectivity index (χ4v) is 6.70. The second kappa shape index (κ2) is 9.85. The predicted molar refractivity (Wildman–Crippen MR) is 163 cm³/mol. The average Bonchev–Trinajstić information content (AvgIpc) is 3.40. The van der Waals surface area contributed by atoms with Crippen molar-refractivity contribution in [2.45, 2.75) is 76.2 Å². The van der Waals surface area contributed by atoms with E-state index in [-0.39, 0.29) is 50.6 Å². The third-order valence-corrected chi connectivity index (χ3v) is 14.1. The van der Waals surface area contributed by atoms with Gasteiger partial charge in [-0.05, 0) is 67.2 Å². The molecule has 1 atom stereocenters. The number of nitrogens with two attached hydrogens (primary N) is 1. The summed E-state index contributed by atoms with van der Waals surface area (Å²) in [5.41, 5.74) is 8.26. The van der Waals surface area contributed by atoms with Crippen LogP contribution in [0.5, 0.6) is 0 Å². The zero-order valence-electron chi connectivity index (χ0n) is 24.3. The number of nitrogen functional groups attached to an aromatic ring is 1. The number of benzene rings is 1. The van der Waals surface area contributed by atoms with Gasteiger partial charge in [-0.1, -0.05) is 32.4 Å². The summed E-state index contributed by atoms with van der Waals surface area (Å²) in [6.07, 6.45) is 5.63. The van der Waals surface area contributed by atoms with Gasteiger partial charge in [-0.15, -0.1) is 0 Å². The zero-order chi connectivity index (χ0) is 30.2. The highest BCUT2D eigenvalue weighted by Gasteiger charge is 2.54. The van der Waals surface area contributed by atoms with E-state index in [1.165, 1.54) is 18.2 Å². The summed E-state index contributed by atoms with van der Waals surface area (Å²) in [6.45, 7) is 10.7.